The molecule has 27 heavy (non-hydrogen) atoms. The topological polar surface area (TPSA) is 65.0 Å². The van der Waals surface area contributed by atoms with Gasteiger partial charge in [-0.15, -0.1) is 0 Å². The molecule has 2 unspecified atom stereocenters. The normalized spacial score (nSPS) is 30.8. The predicted octanol–water partition coefficient (Wildman–Crippen LogP) is 3.95. The third-order valence-corrected chi connectivity index (χ3v) is 7.71. The van der Waals surface area contributed by atoms with Crippen LogP contribution in [0.1, 0.15) is 25.8 Å². The van der Waals surface area contributed by atoms with E-state index in [1.165, 1.54) is 0 Å². The van der Waals surface area contributed by atoms with Crippen molar-refractivity contribution in [3.63, 3.8) is 0 Å². The first-order valence-corrected chi connectivity index (χ1v) is 10.9. The van der Waals surface area contributed by atoms with Crippen LogP contribution in [0.15, 0.2) is 54.6 Å². The Hall–Kier alpha value is -1.65. The van der Waals surface area contributed by atoms with Crippen LogP contribution in [-0.4, -0.2) is 30.3 Å². The van der Waals surface area contributed by atoms with E-state index in [0.717, 1.165) is 5.56 Å². The van der Waals surface area contributed by atoms with E-state index in [2.05, 4.69) is 0 Å². The lowest BCUT2D eigenvalue weighted by molar-refractivity contribution is -0.0937. The summed E-state index contributed by atoms with van der Waals surface area (Å²) in [7, 11) is -1.98. The Bertz CT molecular complexity index is 794. The summed E-state index contributed by atoms with van der Waals surface area (Å²) in [5, 5.41) is 11.5. The van der Waals surface area contributed by atoms with Gasteiger partial charge >= 0.3 is 0 Å². The summed E-state index contributed by atoms with van der Waals surface area (Å²) in [6.07, 6.45) is -0.153. The Kier molecular flexibility index (Phi) is 6.38. The highest BCUT2D eigenvalue weighted by Crippen LogP contribution is 2.58. The molecule has 5 atom stereocenters. The molecule has 0 aliphatic carbocycles. The van der Waals surface area contributed by atoms with Gasteiger partial charge in [0.15, 0.2) is 5.85 Å². The average Bonchev–Trinajstić information content (AvgIpc) is 2.71. The molecule has 0 aromatic heterocycles. The Labute approximate surface area is 160 Å². The summed E-state index contributed by atoms with van der Waals surface area (Å²) < 4.78 is 31.1. The van der Waals surface area contributed by atoms with Crippen LogP contribution in [-0.2, 0) is 20.4 Å². The minimum absolute atomic E-state index is 0.0820. The van der Waals surface area contributed by atoms with Crippen molar-refractivity contribution in [2.75, 3.05) is 7.11 Å². The van der Waals surface area contributed by atoms with Gasteiger partial charge in [-0.2, -0.15) is 0 Å². The molecule has 1 fully saturated rings. The van der Waals surface area contributed by atoms with Crippen LogP contribution < -0.4 is 10.0 Å². The Morgan fingerprint density at radius 1 is 1.15 bits per heavy atom. The van der Waals surface area contributed by atoms with E-state index in [0.29, 0.717) is 24.1 Å². The van der Waals surface area contributed by atoms with Gasteiger partial charge in [-0.1, -0.05) is 50.2 Å². The molecule has 0 saturated carbocycles. The first kappa shape index (κ1) is 20.1. The molecule has 3 rings (SSSR count). The molecule has 6 heteroatoms. The van der Waals surface area contributed by atoms with Gasteiger partial charge in [-0.25, -0.2) is 0 Å². The fourth-order valence-electron chi connectivity index (χ4n) is 3.50. The highest BCUT2D eigenvalue weighted by molar-refractivity contribution is 7.67. The summed E-state index contributed by atoms with van der Waals surface area (Å²) in [6.45, 7) is 4.31. The molecule has 1 aliphatic rings. The monoisotopic (exact) mass is 390 g/mol. The van der Waals surface area contributed by atoms with Gasteiger partial charge in [-0.05, 0) is 30.2 Å². The van der Waals surface area contributed by atoms with Crippen molar-refractivity contribution in [3.8, 4) is 5.75 Å². The number of hydrogen-bond donors (Lipinski definition) is 1. The van der Waals surface area contributed by atoms with Gasteiger partial charge in [0, 0.05) is 11.2 Å². The summed E-state index contributed by atoms with van der Waals surface area (Å²) in [4.78, 5) is 0. The van der Waals surface area contributed by atoms with E-state index < -0.39 is 19.3 Å². The first-order valence-electron chi connectivity index (χ1n) is 9.26. The largest absolute Gasteiger partial charge is 0.497 e. The number of rotatable bonds is 6. The van der Waals surface area contributed by atoms with E-state index in [-0.39, 0.29) is 12.0 Å². The summed E-state index contributed by atoms with van der Waals surface area (Å²) >= 11 is 0. The quantitative estimate of drug-likeness (QED) is 0.757. The van der Waals surface area contributed by atoms with Crippen molar-refractivity contribution in [1.82, 2.24) is 0 Å². The first-order chi connectivity index (χ1) is 13.0. The van der Waals surface area contributed by atoms with E-state index in [1.807, 2.05) is 44.2 Å². The third kappa shape index (κ3) is 4.12. The van der Waals surface area contributed by atoms with Gasteiger partial charge in [0.05, 0.1) is 25.9 Å². The summed E-state index contributed by atoms with van der Waals surface area (Å²) in [6, 6.07) is 16.7. The summed E-state index contributed by atoms with van der Waals surface area (Å²) in [5.74, 6) is -0.737. The molecule has 2 aromatic carbocycles. The van der Waals surface area contributed by atoms with Crippen LogP contribution in [0.5, 0.6) is 5.75 Å². The van der Waals surface area contributed by atoms with Crippen LogP contribution in [0, 0.1) is 5.92 Å². The van der Waals surface area contributed by atoms with E-state index in [4.69, 9.17) is 14.0 Å². The highest BCUT2D eigenvalue weighted by Gasteiger charge is 2.51. The lowest BCUT2D eigenvalue weighted by Gasteiger charge is -2.43. The smallest absolute Gasteiger partial charge is 0.262 e. The predicted molar refractivity (Wildman–Crippen MR) is 106 cm³/mol. The number of methoxy groups -OCH3 is 1. The molecule has 0 amide bonds. The molecule has 0 bridgehead atoms. The SMILES string of the molecule is CC[C@H]1O[P@@](=O)(c2cccc(OC)c2)C(O)C(OCc2ccccc2)[C@@H]1C. The maximum atomic E-state index is 13.8. The molecular formula is C21H27O5P. The van der Waals surface area contributed by atoms with Gasteiger partial charge in [-0.3, -0.25) is 4.57 Å². The van der Waals surface area contributed by atoms with Crippen LogP contribution in [0.25, 0.3) is 0 Å². The fraction of sp³-hybridized carbons (Fsp3) is 0.429. The molecule has 5 nitrogen and oxygen atoms in total. The van der Waals surface area contributed by atoms with Gasteiger partial charge in [0.1, 0.15) is 5.75 Å². The Balaban J connectivity index is 1.89. The minimum atomic E-state index is -3.53. The Morgan fingerprint density at radius 2 is 1.89 bits per heavy atom. The van der Waals surface area contributed by atoms with Crippen molar-refractivity contribution >= 4 is 12.7 Å². The standard InChI is InChI=1S/C21H27O5P/c1-4-19-15(2)20(25-14-16-9-6-5-7-10-16)21(22)27(23,26-19)18-12-8-11-17(13-18)24-3/h5-13,15,19-22H,4,14H2,1-3H3/t15-,19-,20?,21?,27+/m1/s1. The highest BCUT2D eigenvalue weighted by atomic mass is 31.2. The van der Waals surface area contributed by atoms with Crippen molar-refractivity contribution < 1.29 is 23.7 Å². The van der Waals surface area contributed by atoms with Crippen molar-refractivity contribution in [1.29, 1.82) is 0 Å². The molecular weight excluding hydrogens is 363 g/mol. The second-order valence-electron chi connectivity index (χ2n) is 6.88. The average molecular weight is 390 g/mol. The van der Waals surface area contributed by atoms with Gasteiger partial charge in [0.2, 0.25) is 0 Å². The van der Waals surface area contributed by atoms with Gasteiger partial charge < -0.3 is 19.1 Å². The summed E-state index contributed by atoms with van der Waals surface area (Å²) in [5.41, 5.74) is 1.01. The second-order valence-corrected chi connectivity index (χ2v) is 9.33. The third-order valence-electron chi connectivity index (χ3n) is 5.14. The number of aliphatic hydroxyl groups excluding tert-OH is 1. The molecule has 1 N–H and O–H groups in total. The zero-order chi connectivity index (χ0) is 19.4. The molecule has 1 saturated heterocycles. The molecule has 0 spiro atoms. The number of aliphatic hydroxyl groups is 1. The second kappa shape index (κ2) is 8.57. The Morgan fingerprint density at radius 3 is 2.56 bits per heavy atom. The number of benzene rings is 2. The van der Waals surface area contributed by atoms with E-state index in [9.17, 15) is 9.67 Å². The van der Waals surface area contributed by atoms with Crippen molar-refractivity contribution in [2.45, 2.75) is 44.9 Å². The molecule has 146 valence electrons. The van der Waals surface area contributed by atoms with Crippen LogP contribution in [0.4, 0.5) is 0 Å². The van der Waals surface area contributed by atoms with Crippen LogP contribution >= 0.6 is 7.37 Å². The van der Waals surface area contributed by atoms with Crippen LogP contribution in [0.2, 0.25) is 0 Å². The molecule has 1 heterocycles. The zero-order valence-electron chi connectivity index (χ0n) is 15.9. The van der Waals surface area contributed by atoms with Crippen molar-refractivity contribution in [3.05, 3.63) is 60.2 Å². The van der Waals surface area contributed by atoms with Crippen LogP contribution in [0.3, 0.4) is 0 Å². The lowest BCUT2D eigenvalue weighted by atomic mass is 9.96. The lowest BCUT2D eigenvalue weighted by Crippen LogP contribution is -2.48. The maximum Gasteiger partial charge on any atom is 0.262 e. The van der Waals surface area contributed by atoms with Gasteiger partial charge in [0.25, 0.3) is 7.37 Å². The number of ether oxygens (including phenoxy) is 2. The number of hydrogen-bond acceptors (Lipinski definition) is 5. The minimum Gasteiger partial charge on any atom is -0.497 e. The fourth-order valence-corrected chi connectivity index (χ4v) is 6.15. The maximum absolute atomic E-state index is 13.8. The zero-order valence-corrected chi connectivity index (χ0v) is 16.8. The van der Waals surface area contributed by atoms with E-state index in [1.54, 1.807) is 31.4 Å². The molecule has 2 aromatic rings. The molecule has 0 radical (unpaired) electrons. The van der Waals surface area contributed by atoms with Crippen molar-refractivity contribution in [2.24, 2.45) is 5.92 Å². The van der Waals surface area contributed by atoms with E-state index >= 15 is 0 Å². The molecule has 1 aliphatic heterocycles.